The lowest BCUT2D eigenvalue weighted by Crippen LogP contribution is -2.39. The van der Waals surface area contributed by atoms with Gasteiger partial charge in [-0.15, -0.1) is 0 Å². The molecule has 6 nitrogen and oxygen atoms in total. The first-order valence-corrected chi connectivity index (χ1v) is 7.26. The molecule has 0 saturated heterocycles. The molecule has 2 N–H and O–H groups in total. The summed E-state index contributed by atoms with van der Waals surface area (Å²) in [6, 6.07) is -0.0945. The molecule has 0 saturated carbocycles. The molecular weight excluding hydrogens is 260 g/mol. The van der Waals surface area contributed by atoms with Crippen molar-refractivity contribution in [3.63, 3.8) is 0 Å². The van der Waals surface area contributed by atoms with Crippen LogP contribution in [0.2, 0.25) is 0 Å². The highest BCUT2D eigenvalue weighted by Gasteiger charge is 2.07. The van der Waals surface area contributed by atoms with Crippen molar-refractivity contribution in [2.24, 2.45) is 0 Å². The Balaban J connectivity index is 3.45. The normalized spacial score (nSPS) is 10.6. The van der Waals surface area contributed by atoms with Gasteiger partial charge in [0.2, 0.25) is 0 Å². The second kappa shape index (κ2) is 11.5. The average molecular weight is 288 g/mol. The Labute approximate surface area is 121 Å². The molecule has 20 heavy (non-hydrogen) atoms. The number of hydrogen-bond acceptors (Lipinski definition) is 3. The van der Waals surface area contributed by atoms with Gasteiger partial charge in [0.05, 0.1) is 12.7 Å². The molecule has 0 fully saturated rings. The zero-order chi connectivity index (χ0) is 15.4. The lowest BCUT2D eigenvalue weighted by Gasteiger charge is -2.18. The van der Waals surface area contributed by atoms with Crippen LogP contribution in [0.1, 0.15) is 46.0 Å². The number of rotatable bonds is 11. The Hall–Kier alpha value is -1.30. The van der Waals surface area contributed by atoms with Gasteiger partial charge in [0.15, 0.2) is 0 Å². The van der Waals surface area contributed by atoms with E-state index < -0.39 is 5.97 Å². The number of hydrogen-bond donors (Lipinski definition) is 2. The van der Waals surface area contributed by atoms with Crippen LogP contribution < -0.4 is 5.32 Å². The van der Waals surface area contributed by atoms with E-state index in [0.29, 0.717) is 26.1 Å². The Morgan fingerprint density at radius 2 is 1.85 bits per heavy atom. The van der Waals surface area contributed by atoms with E-state index in [9.17, 15) is 9.59 Å². The maximum absolute atomic E-state index is 11.7. The van der Waals surface area contributed by atoms with Crippen molar-refractivity contribution in [3.05, 3.63) is 0 Å². The van der Waals surface area contributed by atoms with Gasteiger partial charge in [0.25, 0.3) is 0 Å². The van der Waals surface area contributed by atoms with Gasteiger partial charge >= 0.3 is 12.0 Å². The summed E-state index contributed by atoms with van der Waals surface area (Å²) in [5.74, 6) is -0.747. The second-order valence-corrected chi connectivity index (χ2v) is 5.13. The lowest BCUT2D eigenvalue weighted by molar-refractivity contribution is -0.137. The average Bonchev–Trinajstić information content (AvgIpc) is 2.36. The number of carboxylic acids is 1. The summed E-state index contributed by atoms with van der Waals surface area (Å²) in [7, 11) is 1.74. The zero-order valence-electron chi connectivity index (χ0n) is 12.9. The van der Waals surface area contributed by atoms with Gasteiger partial charge in [-0.1, -0.05) is 12.8 Å². The number of aliphatic carboxylic acids is 1. The maximum atomic E-state index is 11.7. The third-order valence-corrected chi connectivity index (χ3v) is 2.82. The highest BCUT2D eigenvalue weighted by atomic mass is 16.5. The van der Waals surface area contributed by atoms with Gasteiger partial charge in [-0.25, -0.2) is 4.79 Å². The topological polar surface area (TPSA) is 78.9 Å². The van der Waals surface area contributed by atoms with E-state index in [1.807, 2.05) is 13.8 Å². The molecule has 0 aliphatic heterocycles. The van der Waals surface area contributed by atoms with Gasteiger partial charge in [-0.3, -0.25) is 4.79 Å². The largest absolute Gasteiger partial charge is 0.481 e. The minimum absolute atomic E-state index is 0.0945. The fourth-order valence-electron chi connectivity index (χ4n) is 1.61. The van der Waals surface area contributed by atoms with Crippen LogP contribution >= 0.6 is 0 Å². The van der Waals surface area contributed by atoms with E-state index in [1.54, 1.807) is 11.9 Å². The third kappa shape index (κ3) is 11.8. The quantitative estimate of drug-likeness (QED) is 0.571. The van der Waals surface area contributed by atoms with Crippen molar-refractivity contribution in [2.45, 2.75) is 52.1 Å². The summed E-state index contributed by atoms with van der Waals surface area (Å²) >= 11 is 0. The molecule has 118 valence electrons. The first-order chi connectivity index (χ1) is 9.43. The predicted octanol–water partition coefficient (Wildman–Crippen LogP) is 2.09. The van der Waals surface area contributed by atoms with Crippen LogP contribution in [0.4, 0.5) is 4.79 Å². The first kappa shape index (κ1) is 18.7. The van der Waals surface area contributed by atoms with Crippen LogP contribution in [-0.2, 0) is 9.53 Å². The fraction of sp³-hybridized carbons (Fsp3) is 0.857. The molecule has 0 bridgehead atoms. The van der Waals surface area contributed by atoms with Gasteiger partial charge in [-0.05, 0) is 26.7 Å². The number of ether oxygens (including phenoxy) is 1. The van der Waals surface area contributed by atoms with E-state index in [2.05, 4.69) is 5.32 Å². The van der Waals surface area contributed by atoms with Crippen LogP contribution in [0, 0.1) is 0 Å². The number of carboxylic acid groups (broad SMARTS) is 1. The predicted molar refractivity (Wildman–Crippen MR) is 77.8 cm³/mol. The fourth-order valence-corrected chi connectivity index (χ4v) is 1.61. The number of nitrogens with zero attached hydrogens (tertiary/aromatic N) is 1. The molecule has 0 aromatic rings. The standard InChI is InChI=1S/C14H28N2O4/c1-12(2)20-11-10-16(3)14(19)15-9-7-5-4-6-8-13(17)18/h12H,4-11H2,1-3H3,(H,15,19)(H,17,18). The van der Waals surface area contributed by atoms with E-state index in [1.165, 1.54) is 0 Å². The Morgan fingerprint density at radius 1 is 1.20 bits per heavy atom. The monoisotopic (exact) mass is 288 g/mol. The molecule has 0 unspecified atom stereocenters. The van der Waals surface area contributed by atoms with E-state index in [0.717, 1.165) is 19.3 Å². The van der Waals surface area contributed by atoms with Gasteiger partial charge in [-0.2, -0.15) is 0 Å². The minimum Gasteiger partial charge on any atom is -0.481 e. The highest BCUT2D eigenvalue weighted by molar-refractivity contribution is 5.73. The van der Waals surface area contributed by atoms with Crippen LogP contribution in [0.5, 0.6) is 0 Å². The van der Waals surface area contributed by atoms with E-state index in [-0.39, 0.29) is 18.6 Å². The summed E-state index contributed by atoms with van der Waals surface area (Å²) < 4.78 is 5.38. The minimum atomic E-state index is -0.747. The third-order valence-electron chi connectivity index (χ3n) is 2.82. The molecule has 0 aromatic carbocycles. The molecule has 0 spiro atoms. The number of unbranched alkanes of at least 4 members (excludes halogenated alkanes) is 3. The van der Waals surface area contributed by atoms with E-state index >= 15 is 0 Å². The highest BCUT2D eigenvalue weighted by Crippen LogP contribution is 2.02. The van der Waals surface area contributed by atoms with Gasteiger partial charge in [0.1, 0.15) is 0 Å². The van der Waals surface area contributed by atoms with Crippen molar-refractivity contribution in [1.82, 2.24) is 10.2 Å². The Kier molecular flexibility index (Phi) is 10.8. The SMILES string of the molecule is CC(C)OCCN(C)C(=O)NCCCCCCC(=O)O. The summed E-state index contributed by atoms with van der Waals surface area (Å²) in [6.07, 6.45) is 3.81. The molecule has 0 heterocycles. The van der Waals surface area contributed by atoms with E-state index in [4.69, 9.17) is 9.84 Å². The summed E-state index contributed by atoms with van der Waals surface area (Å²) in [6.45, 7) is 5.66. The van der Waals surface area contributed by atoms with Crippen LogP contribution in [-0.4, -0.2) is 54.9 Å². The molecule has 0 aliphatic rings. The number of carbonyl (C=O) groups excluding carboxylic acids is 1. The number of urea groups is 1. The van der Waals surface area contributed by atoms with Crippen molar-refractivity contribution < 1.29 is 19.4 Å². The number of nitrogens with one attached hydrogen (secondary N) is 1. The van der Waals surface area contributed by atoms with Crippen molar-refractivity contribution in [2.75, 3.05) is 26.7 Å². The summed E-state index contributed by atoms with van der Waals surface area (Å²) in [5, 5.41) is 11.3. The van der Waals surface area contributed by atoms with Gasteiger partial charge < -0.3 is 20.1 Å². The molecule has 0 aliphatic carbocycles. The molecule has 0 rings (SSSR count). The van der Waals surface area contributed by atoms with Crippen LogP contribution in [0.25, 0.3) is 0 Å². The Morgan fingerprint density at radius 3 is 2.45 bits per heavy atom. The summed E-state index contributed by atoms with van der Waals surface area (Å²) in [5.41, 5.74) is 0. The molecule has 0 aromatic heterocycles. The first-order valence-electron chi connectivity index (χ1n) is 7.26. The van der Waals surface area contributed by atoms with Crippen LogP contribution in [0.3, 0.4) is 0 Å². The van der Waals surface area contributed by atoms with Crippen molar-refractivity contribution in [1.29, 1.82) is 0 Å². The summed E-state index contributed by atoms with van der Waals surface area (Å²) in [4.78, 5) is 23.6. The lowest BCUT2D eigenvalue weighted by atomic mass is 10.1. The number of amides is 2. The molecule has 0 atom stereocenters. The molecular formula is C14H28N2O4. The van der Waals surface area contributed by atoms with Crippen molar-refractivity contribution in [3.8, 4) is 0 Å². The van der Waals surface area contributed by atoms with Crippen LogP contribution in [0.15, 0.2) is 0 Å². The van der Waals surface area contributed by atoms with Crippen molar-refractivity contribution >= 4 is 12.0 Å². The smallest absolute Gasteiger partial charge is 0.317 e. The molecule has 0 radical (unpaired) electrons. The second-order valence-electron chi connectivity index (χ2n) is 5.13. The zero-order valence-corrected chi connectivity index (χ0v) is 12.9. The van der Waals surface area contributed by atoms with Gasteiger partial charge in [0, 0.05) is 26.6 Å². The maximum Gasteiger partial charge on any atom is 0.317 e. The number of likely N-dealkylation sites (N-methyl/N-ethyl adjacent to an activating group) is 1. The molecule has 2 amide bonds. The Bertz CT molecular complexity index is 282. The molecule has 6 heteroatoms. The number of carbonyl (C=O) groups is 2.